The lowest BCUT2D eigenvalue weighted by molar-refractivity contribution is -0.116. The van der Waals surface area contributed by atoms with Crippen molar-refractivity contribution in [2.24, 2.45) is 0 Å². The van der Waals surface area contributed by atoms with Crippen LogP contribution >= 0.6 is 0 Å². The van der Waals surface area contributed by atoms with Crippen LogP contribution < -0.4 is 14.8 Å². The van der Waals surface area contributed by atoms with Gasteiger partial charge in [0.05, 0.1) is 6.54 Å². The summed E-state index contributed by atoms with van der Waals surface area (Å²) in [5.41, 5.74) is 0.723. The van der Waals surface area contributed by atoms with Crippen LogP contribution in [-0.2, 0) is 4.79 Å². The Balaban J connectivity index is 2.04. The van der Waals surface area contributed by atoms with Crippen LogP contribution in [0.1, 0.15) is 0 Å². The summed E-state index contributed by atoms with van der Waals surface area (Å²) in [6.07, 6.45) is 0. The highest BCUT2D eigenvalue weighted by molar-refractivity contribution is 5.92. The van der Waals surface area contributed by atoms with Gasteiger partial charge in [-0.1, -0.05) is 0 Å². The number of nitrogens with one attached hydrogen (secondary N) is 1. The highest BCUT2D eigenvalue weighted by Gasteiger charge is 2.12. The molecule has 1 N–H and O–H groups in total. The summed E-state index contributed by atoms with van der Waals surface area (Å²) in [5, 5.41) is 2.81. The van der Waals surface area contributed by atoms with E-state index in [0.29, 0.717) is 25.5 Å². The minimum atomic E-state index is -0.0494. The van der Waals surface area contributed by atoms with Crippen LogP contribution in [0.4, 0.5) is 5.69 Å². The number of hydrogen-bond donors (Lipinski definition) is 1. The third kappa shape index (κ3) is 3.10. The minimum Gasteiger partial charge on any atom is -0.486 e. The molecule has 0 radical (unpaired) electrons. The van der Waals surface area contributed by atoms with Crippen LogP contribution in [0.25, 0.3) is 0 Å². The van der Waals surface area contributed by atoms with Gasteiger partial charge < -0.3 is 19.7 Å². The molecule has 1 aliphatic heterocycles. The van der Waals surface area contributed by atoms with Crippen molar-refractivity contribution in [1.82, 2.24) is 4.90 Å². The van der Waals surface area contributed by atoms with E-state index in [-0.39, 0.29) is 5.91 Å². The van der Waals surface area contributed by atoms with Gasteiger partial charge in [0.1, 0.15) is 13.2 Å². The van der Waals surface area contributed by atoms with Crippen LogP contribution in [-0.4, -0.2) is 44.7 Å². The van der Waals surface area contributed by atoms with Gasteiger partial charge in [0.15, 0.2) is 11.5 Å². The van der Waals surface area contributed by atoms with Gasteiger partial charge in [0.25, 0.3) is 0 Å². The Morgan fingerprint density at radius 3 is 2.71 bits per heavy atom. The number of carbonyl (C=O) groups is 1. The molecule has 0 fully saturated rings. The molecule has 17 heavy (non-hydrogen) atoms. The molecule has 0 atom stereocenters. The van der Waals surface area contributed by atoms with E-state index >= 15 is 0 Å². The topological polar surface area (TPSA) is 50.8 Å². The van der Waals surface area contributed by atoms with Gasteiger partial charge in [-0.05, 0) is 26.2 Å². The summed E-state index contributed by atoms with van der Waals surface area (Å²) in [6, 6.07) is 5.39. The number of benzene rings is 1. The molecular formula is C12H16N2O3. The van der Waals surface area contributed by atoms with E-state index in [9.17, 15) is 4.79 Å². The number of anilines is 1. The number of hydrogen-bond acceptors (Lipinski definition) is 4. The molecule has 5 nitrogen and oxygen atoms in total. The molecule has 1 aromatic rings. The van der Waals surface area contributed by atoms with E-state index in [1.165, 1.54) is 0 Å². The summed E-state index contributed by atoms with van der Waals surface area (Å²) in [7, 11) is 3.70. The summed E-state index contributed by atoms with van der Waals surface area (Å²) >= 11 is 0. The SMILES string of the molecule is CN(C)CC(=O)Nc1ccc2c(c1)OCCO2. The van der Waals surface area contributed by atoms with Crippen molar-refractivity contribution in [3.8, 4) is 11.5 Å². The lowest BCUT2D eigenvalue weighted by Crippen LogP contribution is -2.27. The summed E-state index contributed by atoms with van der Waals surface area (Å²) in [4.78, 5) is 13.4. The zero-order chi connectivity index (χ0) is 12.3. The molecule has 0 aromatic heterocycles. The Hall–Kier alpha value is -1.75. The fraction of sp³-hybridized carbons (Fsp3) is 0.417. The second-order valence-electron chi connectivity index (χ2n) is 4.14. The van der Waals surface area contributed by atoms with Crippen molar-refractivity contribution in [3.05, 3.63) is 18.2 Å². The van der Waals surface area contributed by atoms with Gasteiger partial charge >= 0.3 is 0 Å². The van der Waals surface area contributed by atoms with Crippen LogP contribution in [0.15, 0.2) is 18.2 Å². The Morgan fingerprint density at radius 2 is 2.00 bits per heavy atom. The first-order valence-corrected chi connectivity index (χ1v) is 5.49. The van der Waals surface area contributed by atoms with Gasteiger partial charge in [-0.2, -0.15) is 0 Å². The number of nitrogens with zero attached hydrogens (tertiary/aromatic N) is 1. The molecule has 0 spiro atoms. The van der Waals surface area contributed by atoms with E-state index in [4.69, 9.17) is 9.47 Å². The number of rotatable bonds is 3. The summed E-state index contributed by atoms with van der Waals surface area (Å²) < 4.78 is 10.8. The van der Waals surface area contributed by atoms with Crippen LogP contribution in [0.5, 0.6) is 11.5 Å². The summed E-state index contributed by atoms with van der Waals surface area (Å²) in [5.74, 6) is 1.35. The first-order chi connectivity index (χ1) is 8.15. The average Bonchev–Trinajstić information content (AvgIpc) is 2.27. The van der Waals surface area contributed by atoms with E-state index < -0.39 is 0 Å². The van der Waals surface area contributed by atoms with E-state index in [1.54, 1.807) is 18.2 Å². The maximum absolute atomic E-state index is 11.6. The molecule has 1 aromatic carbocycles. The number of fused-ring (bicyclic) bond motifs is 1. The molecule has 92 valence electrons. The Bertz CT molecular complexity index is 418. The first-order valence-electron chi connectivity index (χ1n) is 5.49. The molecule has 1 aliphatic rings. The number of amides is 1. The zero-order valence-corrected chi connectivity index (χ0v) is 10.0. The van der Waals surface area contributed by atoms with Crippen LogP contribution in [0, 0.1) is 0 Å². The predicted molar refractivity (Wildman–Crippen MR) is 64.6 cm³/mol. The van der Waals surface area contributed by atoms with Crippen molar-refractivity contribution in [2.75, 3.05) is 39.2 Å². The molecular weight excluding hydrogens is 220 g/mol. The lowest BCUT2D eigenvalue weighted by Gasteiger charge is -2.19. The number of ether oxygens (including phenoxy) is 2. The van der Waals surface area contributed by atoms with Crippen LogP contribution in [0.2, 0.25) is 0 Å². The van der Waals surface area contributed by atoms with Gasteiger partial charge in [-0.25, -0.2) is 0 Å². The standard InChI is InChI=1S/C12H16N2O3/c1-14(2)8-12(15)13-9-3-4-10-11(7-9)17-6-5-16-10/h3-4,7H,5-6,8H2,1-2H3,(H,13,15). The monoisotopic (exact) mass is 236 g/mol. The maximum atomic E-state index is 11.6. The second kappa shape index (κ2) is 5.05. The number of likely N-dealkylation sites (N-methyl/N-ethyl adjacent to an activating group) is 1. The fourth-order valence-corrected chi connectivity index (χ4v) is 1.61. The Labute approximate surface area is 100 Å². The highest BCUT2D eigenvalue weighted by Crippen LogP contribution is 2.32. The minimum absolute atomic E-state index is 0.0494. The molecule has 2 rings (SSSR count). The van der Waals surface area contributed by atoms with Gasteiger partial charge in [-0.3, -0.25) is 4.79 Å². The first kappa shape index (κ1) is 11.7. The Kier molecular flexibility index (Phi) is 3.49. The van der Waals surface area contributed by atoms with Crippen molar-refractivity contribution in [3.63, 3.8) is 0 Å². The van der Waals surface area contributed by atoms with Crippen molar-refractivity contribution in [2.45, 2.75) is 0 Å². The predicted octanol–water partition coefficient (Wildman–Crippen LogP) is 0.958. The summed E-state index contributed by atoms with van der Waals surface area (Å²) in [6.45, 7) is 1.47. The van der Waals surface area contributed by atoms with E-state index in [0.717, 1.165) is 11.4 Å². The van der Waals surface area contributed by atoms with Crippen molar-refractivity contribution >= 4 is 11.6 Å². The highest BCUT2D eigenvalue weighted by atomic mass is 16.6. The normalized spacial score (nSPS) is 13.6. The van der Waals surface area contributed by atoms with Crippen LogP contribution in [0.3, 0.4) is 0 Å². The average molecular weight is 236 g/mol. The van der Waals surface area contributed by atoms with E-state index in [1.807, 2.05) is 19.0 Å². The molecule has 0 saturated heterocycles. The molecule has 0 unspecified atom stereocenters. The molecule has 1 amide bonds. The lowest BCUT2D eigenvalue weighted by atomic mass is 10.2. The largest absolute Gasteiger partial charge is 0.486 e. The van der Waals surface area contributed by atoms with Crippen molar-refractivity contribution in [1.29, 1.82) is 0 Å². The smallest absolute Gasteiger partial charge is 0.238 e. The second-order valence-corrected chi connectivity index (χ2v) is 4.14. The zero-order valence-electron chi connectivity index (χ0n) is 10.0. The van der Waals surface area contributed by atoms with E-state index in [2.05, 4.69) is 5.32 Å². The molecule has 0 aliphatic carbocycles. The molecule has 0 saturated carbocycles. The fourth-order valence-electron chi connectivity index (χ4n) is 1.61. The van der Waals surface area contributed by atoms with Gasteiger partial charge in [0.2, 0.25) is 5.91 Å². The third-order valence-corrected chi connectivity index (χ3v) is 2.29. The number of carbonyl (C=O) groups excluding carboxylic acids is 1. The molecule has 1 heterocycles. The quantitative estimate of drug-likeness (QED) is 0.849. The molecule has 0 bridgehead atoms. The molecule has 5 heteroatoms. The van der Waals surface area contributed by atoms with Crippen molar-refractivity contribution < 1.29 is 14.3 Å². The third-order valence-electron chi connectivity index (χ3n) is 2.29. The Morgan fingerprint density at radius 1 is 1.29 bits per heavy atom. The maximum Gasteiger partial charge on any atom is 0.238 e. The van der Waals surface area contributed by atoms with Gasteiger partial charge in [-0.15, -0.1) is 0 Å². The van der Waals surface area contributed by atoms with Gasteiger partial charge in [0, 0.05) is 11.8 Å².